The number of benzene rings is 1. The molecule has 1 saturated carbocycles. The van der Waals surface area contributed by atoms with Crippen molar-refractivity contribution in [3.63, 3.8) is 0 Å². The van der Waals surface area contributed by atoms with Crippen LogP contribution in [0.5, 0.6) is 5.75 Å². The number of halogens is 1. The maximum absolute atomic E-state index is 12.4. The minimum Gasteiger partial charge on any atom is -0.508 e. The first-order valence-electron chi connectivity index (χ1n) is 6.74. The van der Waals surface area contributed by atoms with Gasteiger partial charge in [-0.1, -0.05) is 35.2 Å². The molecule has 0 radical (unpaired) electrons. The molecular weight excluding hydrogens is 306 g/mol. The molecule has 1 aromatic rings. The highest BCUT2D eigenvalue weighted by atomic mass is 79.9. The number of phenols is 1. The molecule has 0 unspecified atom stereocenters. The van der Waals surface area contributed by atoms with E-state index in [0.717, 1.165) is 23.7 Å². The Kier molecular flexibility index (Phi) is 4.50. The maximum Gasteiger partial charge on any atom is 0.252 e. The number of amides is 1. The molecule has 1 aliphatic rings. The van der Waals surface area contributed by atoms with E-state index in [2.05, 4.69) is 21.2 Å². The Hall–Kier alpha value is -1.03. The SMILES string of the molecule is Cc1cc(O)ccc1C(=O)NC1(CBr)CCCCC1. The average molecular weight is 326 g/mol. The third kappa shape index (κ3) is 3.30. The molecular formula is C15H20BrNO2. The summed E-state index contributed by atoms with van der Waals surface area (Å²) in [5.74, 6) is 0.153. The molecule has 0 saturated heterocycles. The minimum atomic E-state index is -0.111. The molecule has 0 aliphatic heterocycles. The lowest BCUT2D eigenvalue weighted by atomic mass is 9.83. The van der Waals surface area contributed by atoms with E-state index in [-0.39, 0.29) is 17.2 Å². The van der Waals surface area contributed by atoms with Gasteiger partial charge in [0.25, 0.3) is 5.91 Å². The van der Waals surface area contributed by atoms with Gasteiger partial charge in [0.05, 0.1) is 5.54 Å². The zero-order valence-corrected chi connectivity index (χ0v) is 12.8. The molecule has 1 aliphatic carbocycles. The largest absolute Gasteiger partial charge is 0.508 e. The lowest BCUT2D eigenvalue weighted by molar-refractivity contribution is 0.0886. The molecule has 0 aromatic heterocycles. The summed E-state index contributed by atoms with van der Waals surface area (Å²) in [6, 6.07) is 4.87. The van der Waals surface area contributed by atoms with E-state index in [9.17, 15) is 9.90 Å². The van der Waals surface area contributed by atoms with Crippen LogP contribution in [-0.2, 0) is 0 Å². The smallest absolute Gasteiger partial charge is 0.252 e. The highest BCUT2D eigenvalue weighted by molar-refractivity contribution is 9.09. The van der Waals surface area contributed by atoms with Crippen LogP contribution in [0.3, 0.4) is 0 Å². The molecule has 19 heavy (non-hydrogen) atoms. The van der Waals surface area contributed by atoms with Crippen molar-refractivity contribution in [1.82, 2.24) is 5.32 Å². The highest BCUT2D eigenvalue weighted by Crippen LogP contribution is 2.30. The molecule has 2 N–H and O–H groups in total. The summed E-state index contributed by atoms with van der Waals surface area (Å²) in [6.07, 6.45) is 5.64. The summed E-state index contributed by atoms with van der Waals surface area (Å²) >= 11 is 3.54. The second kappa shape index (κ2) is 5.95. The summed E-state index contributed by atoms with van der Waals surface area (Å²) in [5, 5.41) is 13.4. The van der Waals surface area contributed by atoms with Crippen LogP contribution in [0.1, 0.15) is 48.0 Å². The van der Waals surface area contributed by atoms with Crippen molar-refractivity contribution >= 4 is 21.8 Å². The highest BCUT2D eigenvalue weighted by Gasteiger charge is 2.32. The van der Waals surface area contributed by atoms with Crippen molar-refractivity contribution in [2.45, 2.75) is 44.6 Å². The summed E-state index contributed by atoms with van der Waals surface area (Å²) in [6.45, 7) is 1.84. The van der Waals surface area contributed by atoms with E-state index >= 15 is 0 Å². The van der Waals surface area contributed by atoms with Gasteiger partial charge in [0.15, 0.2) is 0 Å². The van der Waals surface area contributed by atoms with Gasteiger partial charge < -0.3 is 10.4 Å². The standard InChI is InChI=1S/C15H20BrNO2/c1-11-9-12(18)5-6-13(11)14(19)17-15(10-16)7-3-2-4-8-15/h5-6,9,18H,2-4,7-8,10H2,1H3,(H,17,19). The van der Waals surface area contributed by atoms with Crippen LogP contribution in [0.15, 0.2) is 18.2 Å². The van der Waals surface area contributed by atoms with Crippen LogP contribution < -0.4 is 5.32 Å². The first-order valence-corrected chi connectivity index (χ1v) is 7.87. The molecule has 104 valence electrons. The Morgan fingerprint density at radius 1 is 1.37 bits per heavy atom. The van der Waals surface area contributed by atoms with Crippen LogP contribution >= 0.6 is 15.9 Å². The van der Waals surface area contributed by atoms with Gasteiger partial charge in [-0.2, -0.15) is 0 Å². The quantitative estimate of drug-likeness (QED) is 0.835. The first kappa shape index (κ1) is 14.4. The third-order valence-corrected chi connectivity index (χ3v) is 4.97. The fraction of sp³-hybridized carbons (Fsp3) is 0.533. The molecule has 3 nitrogen and oxygen atoms in total. The third-order valence-electron chi connectivity index (χ3n) is 3.90. The maximum atomic E-state index is 12.4. The van der Waals surface area contributed by atoms with Crippen molar-refractivity contribution in [3.05, 3.63) is 29.3 Å². The monoisotopic (exact) mass is 325 g/mol. The number of alkyl halides is 1. The molecule has 0 spiro atoms. The predicted octanol–water partition coefficient (Wildman–Crippen LogP) is 3.53. The second-order valence-electron chi connectivity index (χ2n) is 5.43. The van der Waals surface area contributed by atoms with Crippen LogP contribution in [0.2, 0.25) is 0 Å². The van der Waals surface area contributed by atoms with E-state index in [1.165, 1.54) is 19.3 Å². The molecule has 2 rings (SSSR count). The van der Waals surface area contributed by atoms with Crippen molar-refractivity contribution < 1.29 is 9.90 Å². The number of aromatic hydroxyl groups is 1. The Labute approximate surface area is 122 Å². The normalized spacial score (nSPS) is 18.0. The van der Waals surface area contributed by atoms with Gasteiger partial charge in [-0.3, -0.25) is 4.79 Å². The first-order chi connectivity index (χ1) is 9.06. The number of carbonyl (C=O) groups is 1. The molecule has 1 amide bonds. The number of rotatable bonds is 3. The van der Waals surface area contributed by atoms with Crippen LogP contribution in [0, 0.1) is 6.92 Å². The van der Waals surface area contributed by atoms with Gasteiger partial charge in [0.2, 0.25) is 0 Å². The number of hydrogen-bond donors (Lipinski definition) is 2. The van der Waals surface area contributed by atoms with E-state index in [0.29, 0.717) is 5.56 Å². The van der Waals surface area contributed by atoms with Crippen molar-refractivity contribution in [2.24, 2.45) is 0 Å². The molecule has 0 bridgehead atoms. The molecule has 1 aromatic carbocycles. The Bertz CT molecular complexity index is 467. The summed E-state index contributed by atoms with van der Waals surface area (Å²) < 4.78 is 0. The fourth-order valence-corrected chi connectivity index (χ4v) is 3.43. The molecule has 4 heteroatoms. The number of carbonyl (C=O) groups excluding carboxylic acids is 1. The Morgan fingerprint density at radius 2 is 2.05 bits per heavy atom. The lowest BCUT2D eigenvalue weighted by Gasteiger charge is -2.36. The topological polar surface area (TPSA) is 49.3 Å². The molecule has 0 heterocycles. The average Bonchev–Trinajstić information content (AvgIpc) is 2.39. The summed E-state index contributed by atoms with van der Waals surface area (Å²) in [7, 11) is 0. The second-order valence-corrected chi connectivity index (χ2v) is 5.99. The zero-order valence-electron chi connectivity index (χ0n) is 11.2. The van der Waals surface area contributed by atoms with Gasteiger partial charge in [-0.25, -0.2) is 0 Å². The number of phenolic OH excluding ortho intramolecular Hbond substituents is 1. The van der Waals surface area contributed by atoms with E-state index in [4.69, 9.17) is 0 Å². The van der Waals surface area contributed by atoms with Gasteiger partial charge in [0, 0.05) is 10.9 Å². The van der Waals surface area contributed by atoms with Crippen LogP contribution in [0.4, 0.5) is 0 Å². The van der Waals surface area contributed by atoms with Crippen molar-refractivity contribution in [3.8, 4) is 5.75 Å². The minimum absolute atomic E-state index is 0.0427. The van der Waals surface area contributed by atoms with E-state index < -0.39 is 0 Å². The predicted molar refractivity (Wildman–Crippen MR) is 79.9 cm³/mol. The van der Waals surface area contributed by atoms with Crippen LogP contribution in [0.25, 0.3) is 0 Å². The van der Waals surface area contributed by atoms with Crippen molar-refractivity contribution in [2.75, 3.05) is 5.33 Å². The van der Waals surface area contributed by atoms with Gasteiger partial charge in [-0.05, 0) is 43.5 Å². The van der Waals surface area contributed by atoms with Gasteiger partial charge >= 0.3 is 0 Å². The fourth-order valence-electron chi connectivity index (χ4n) is 2.73. The van der Waals surface area contributed by atoms with Crippen molar-refractivity contribution in [1.29, 1.82) is 0 Å². The number of nitrogens with one attached hydrogen (secondary N) is 1. The number of hydrogen-bond acceptors (Lipinski definition) is 2. The van der Waals surface area contributed by atoms with E-state index in [1.54, 1.807) is 18.2 Å². The molecule has 1 fully saturated rings. The Balaban J connectivity index is 2.15. The lowest BCUT2D eigenvalue weighted by Crippen LogP contribution is -2.51. The van der Waals surface area contributed by atoms with E-state index in [1.807, 2.05) is 6.92 Å². The summed E-state index contributed by atoms with van der Waals surface area (Å²) in [5.41, 5.74) is 1.33. The van der Waals surface area contributed by atoms with Crippen LogP contribution in [-0.4, -0.2) is 21.9 Å². The number of aryl methyl sites for hydroxylation is 1. The zero-order chi connectivity index (χ0) is 13.9. The Morgan fingerprint density at radius 3 is 2.63 bits per heavy atom. The molecule has 0 atom stereocenters. The van der Waals surface area contributed by atoms with Gasteiger partial charge in [-0.15, -0.1) is 0 Å². The summed E-state index contributed by atoms with van der Waals surface area (Å²) in [4.78, 5) is 12.4. The van der Waals surface area contributed by atoms with Gasteiger partial charge in [0.1, 0.15) is 5.75 Å².